The predicted octanol–water partition coefficient (Wildman–Crippen LogP) is 1.74. The van der Waals surface area contributed by atoms with Crippen LogP contribution in [0.2, 0.25) is 0 Å². The largest absolute Gasteiger partial charge is 0.507 e. The second kappa shape index (κ2) is 3.22. The van der Waals surface area contributed by atoms with E-state index in [4.69, 9.17) is 4.84 Å². The summed E-state index contributed by atoms with van der Waals surface area (Å²) in [6.07, 6.45) is 0.447. The first-order valence-corrected chi connectivity index (χ1v) is 4.84. The number of oxime groups is 1. The van der Waals surface area contributed by atoms with Gasteiger partial charge in [-0.05, 0) is 31.9 Å². The van der Waals surface area contributed by atoms with Gasteiger partial charge in [0.25, 0.3) is 0 Å². The number of aldehydes is 1. The van der Waals surface area contributed by atoms with Gasteiger partial charge in [-0.2, -0.15) is 0 Å². The minimum absolute atomic E-state index is 0.0197. The summed E-state index contributed by atoms with van der Waals surface area (Å²) in [4.78, 5) is 16.1. The number of hydrogen-bond acceptors (Lipinski definition) is 4. The fourth-order valence-electron chi connectivity index (χ4n) is 2.19. The summed E-state index contributed by atoms with van der Waals surface area (Å²) in [5, 5.41) is 13.8. The zero-order valence-corrected chi connectivity index (χ0v) is 8.94. The average Bonchev–Trinajstić information content (AvgIpc) is 2.58. The number of aliphatic hydroxyl groups excluding tert-OH is 1. The third kappa shape index (κ3) is 1.21. The van der Waals surface area contributed by atoms with E-state index in [1.165, 1.54) is 0 Å². The molecule has 0 aromatic rings. The Morgan fingerprint density at radius 2 is 2.00 bits per heavy atom. The minimum Gasteiger partial charge on any atom is -0.507 e. The lowest BCUT2D eigenvalue weighted by atomic mass is 9.79. The quantitative estimate of drug-likeness (QED) is 0.666. The molecule has 2 atom stereocenters. The van der Waals surface area contributed by atoms with Gasteiger partial charge < -0.3 is 9.94 Å². The van der Waals surface area contributed by atoms with Gasteiger partial charge in [0.2, 0.25) is 0 Å². The highest BCUT2D eigenvalue weighted by Crippen LogP contribution is 2.38. The minimum atomic E-state index is -0.221. The van der Waals surface area contributed by atoms with Crippen molar-refractivity contribution in [1.29, 1.82) is 0 Å². The summed E-state index contributed by atoms with van der Waals surface area (Å²) in [5.74, 6) is 0.0532. The average molecular weight is 207 g/mol. The van der Waals surface area contributed by atoms with Crippen molar-refractivity contribution >= 4 is 12.0 Å². The third-order valence-corrected chi connectivity index (χ3v) is 3.13. The van der Waals surface area contributed by atoms with Gasteiger partial charge in [0.05, 0.1) is 17.2 Å². The number of carbonyl (C=O) groups excluding carboxylic acids is 1. The molecule has 2 unspecified atom stereocenters. The summed E-state index contributed by atoms with van der Waals surface area (Å²) in [7, 11) is 0. The molecule has 0 radical (unpaired) electrons. The molecule has 1 aliphatic heterocycles. The number of fused-ring (bicyclic) bond motifs is 1. The fourth-order valence-corrected chi connectivity index (χ4v) is 2.19. The Bertz CT molecular complexity index is 418. The van der Waals surface area contributed by atoms with Crippen LogP contribution >= 0.6 is 0 Å². The number of aliphatic hydroxyl groups is 1. The maximum Gasteiger partial charge on any atom is 0.161 e. The highest BCUT2D eigenvalue weighted by atomic mass is 16.6. The Morgan fingerprint density at radius 1 is 1.33 bits per heavy atom. The number of nitrogens with zero attached hydrogens (tertiary/aromatic N) is 1. The van der Waals surface area contributed by atoms with Crippen molar-refractivity contribution in [2.45, 2.75) is 26.9 Å². The second-order valence-corrected chi connectivity index (χ2v) is 3.98. The molecule has 0 amide bonds. The first-order valence-electron chi connectivity index (χ1n) is 4.84. The summed E-state index contributed by atoms with van der Waals surface area (Å²) < 4.78 is 0. The number of hydrogen-bond donors (Lipinski definition) is 1. The van der Waals surface area contributed by atoms with Gasteiger partial charge in [0.15, 0.2) is 12.4 Å². The molecule has 80 valence electrons. The van der Waals surface area contributed by atoms with Crippen molar-refractivity contribution in [2.75, 3.05) is 0 Å². The van der Waals surface area contributed by atoms with Gasteiger partial charge in [0.1, 0.15) is 5.76 Å². The molecule has 0 aromatic carbocycles. The summed E-state index contributed by atoms with van der Waals surface area (Å²) in [6.45, 7) is 5.45. The molecule has 0 aromatic heterocycles. The molecule has 4 nitrogen and oxygen atoms in total. The summed E-state index contributed by atoms with van der Waals surface area (Å²) >= 11 is 0. The molecule has 1 N–H and O–H groups in total. The monoisotopic (exact) mass is 207 g/mol. The van der Waals surface area contributed by atoms with E-state index in [1.807, 2.05) is 6.92 Å². The molecule has 4 heteroatoms. The fraction of sp³-hybridized carbons (Fsp3) is 0.455. The lowest BCUT2D eigenvalue weighted by Gasteiger charge is -2.26. The van der Waals surface area contributed by atoms with E-state index >= 15 is 0 Å². The van der Waals surface area contributed by atoms with Crippen LogP contribution in [0.5, 0.6) is 0 Å². The molecule has 0 saturated carbocycles. The van der Waals surface area contributed by atoms with Gasteiger partial charge in [-0.3, -0.25) is 4.79 Å². The van der Waals surface area contributed by atoms with E-state index in [0.717, 1.165) is 16.9 Å². The molecule has 2 aliphatic rings. The molecule has 1 heterocycles. The van der Waals surface area contributed by atoms with Crippen LogP contribution < -0.4 is 0 Å². The van der Waals surface area contributed by atoms with Crippen LogP contribution in [0.15, 0.2) is 27.6 Å². The second-order valence-electron chi connectivity index (χ2n) is 3.98. The highest BCUT2D eigenvalue weighted by Gasteiger charge is 2.40. The van der Waals surface area contributed by atoms with E-state index in [0.29, 0.717) is 11.9 Å². The lowest BCUT2D eigenvalue weighted by Crippen LogP contribution is -2.30. The van der Waals surface area contributed by atoms with E-state index in [2.05, 4.69) is 5.16 Å². The molecule has 0 fully saturated rings. The molecule has 0 bridgehead atoms. The van der Waals surface area contributed by atoms with E-state index in [1.54, 1.807) is 13.8 Å². The van der Waals surface area contributed by atoms with Crippen LogP contribution in [0, 0.1) is 5.92 Å². The number of carbonyl (C=O) groups is 1. The van der Waals surface area contributed by atoms with Crippen LogP contribution in [0.1, 0.15) is 20.8 Å². The van der Waals surface area contributed by atoms with Crippen LogP contribution in [-0.2, 0) is 9.63 Å². The van der Waals surface area contributed by atoms with Gasteiger partial charge >= 0.3 is 0 Å². The zero-order valence-electron chi connectivity index (χ0n) is 8.94. The molecular weight excluding hydrogens is 194 g/mol. The Kier molecular flexibility index (Phi) is 2.14. The van der Waals surface area contributed by atoms with Crippen LogP contribution in [0.3, 0.4) is 0 Å². The maximum absolute atomic E-state index is 10.9. The standard InChI is InChI=1S/C11H13NO3/c1-5-8(4-13)10(14)6(2)9-7(3)12-15-11(5)9/h4,9,11,14H,1-3H3. The smallest absolute Gasteiger partial charge is 0.161 e. The van der Waals surface area contributed by atoms with Crippen molar-refractivity contribution in [2.24, 2.45) is 11.1 Å². The third-order valence-electron chi connectivity index (χ3n) is 3.13. The van der Waals surface area contributed by atoms with Crippen LogP contribution in [-0.4, -0.2) is 23.2 Å². The summed E-state index contributed by atoms with van der Waals surface area (Å²) in [6, 6.07) is 0. The Hall–Kier alpha value is -1.58. The Balaban J connectivity index is 2.55. The number of allylic oxidation sites excluding steroid dienone is 1. The van der Waals surface area contributed by atoms with Crippen molar-refractivity contribution < 1.29 is 14.7 Å². The van der Waals surface area contributed by atoms with E-state index < -0.39 is 0 Å². The normalized spacial score (nSPS) is 29.9. The van der Waals surface area contributed by atoms with E-state index in [9.17, 15) is 9.90 Å². The molecule has 0 saturated heterocycles. The summed E-state index contributed by atoms with van der Waals surface area (Å²) in [5.41, 5.74) is 2.68. The van der Waals surface area contributed by atoms with Gasteiger partial charge in [-0.25, -0.2) is 0 Å². The lowest BCUT2D eigenvalue weighted by molar-refractivity contribution is -0.105. The first-order chi connectivity index (χ1) is 7.07. The maximum atomic E-state index is 10.9. The van der Waals surface area contributed by atoms with Crippen molar-refractivity contribution in [3.8, 4) is 0 Å². The highest BCUT2D eigenvalue weighted by molar-refractivity contribution is 5.92. The predicted molar refractivity (Wildman–Crippen MR) is 55.6 cm³/mol. The topological polar surface area (TPSA) is 58.9 Å². The number of rotatable bonds is 1. The van der Waals surface area contributed by atoms with Crippen molar-refractivity contribution in [3.63, 3.8) is 0 Å². The van der Waals surface area contributed by atoms with E-state index in [-0.39, 0.29) is 17.8 Å². The Morgan fingerprint density at radius 3 is 2.60 bits per heavy atom. The van der Waals surface area contributed by atoms with Gasteiger partial charge in [-0.15, -0.1) is 0 Å². The molecule has 2 rings (SSSR count). The molecule has 0 spiro atoms. The molecular formula is C11H13NO3. The van der Waals surface area contributed by atoms with Crippen LogP contribution in [0.25, 0.3) is 0 Å². The van der Waals surface area contributed by atoms with Crippen LogP contribution in [0.4, 0.5) is 0 Å². The molecule has 15 heavy (non-hydrogen) atoms. The zero-order chi connectivity index (χ0) is 11.2. The van der Waals surface area contributed by atoms with Crippen molar-refractivity contribution in [1.82, 2.24) is 0 Å². The van der Waals surface area contributed by atoms with Gasteiger partial charge in [-0.1, -0.05) is 5.16 Å². The Labute approximate surface area is 87.9 Å². The SMILES string of the molecule is CC1=NOC2C(C)=C(C=O)C(O)=C(C)C12. The van der Waals surface area contributed by atoms with Crippen molar-refractivity contribution in [3.05, 3.63) is 22.5 Å². The first kappa shape index (κ1) is 9.96. The van der Waals surface area contributed by atoms with Gasteiger partial charge in [0, 0.05) is 0 Å². The molecule has 1 aliphatic carbocycles.